The van der Waals surface area contributed by atoms with Gasteiger partial charge in [0.1, 0.15) is 11.6 Å². The van der Waals surface area contributed by atoms with Crippen molar-refractivity contribution in [3.8, 4) is 0 Å². The van der Waals surface area contributed by atoms with E-state index in [0.717, 1.165) is 84.0 Å². The third-order valence-corrected chi connectivity index (χ3v) is 10.1. The Hall–Kier alpha value is -4.74. The Labute approximate surface area is 267 Å². The van der Waals surface area contributed by atoms with E-state index in [0.29, 0.717) is 24.7 Å². The van der Waals surface area contributed by atoms with Crippen LogP contribution >= 0.6 is 0 Å². The molecule has 6 aromatic rings. The van der Waals surface area contributed by atoms with Gasteiger partial charge in [-0.15, -0.1) is 0 Å². The molecule has 0 radical (unpaired) electrons. The minimum Gasteiger partial charge on any atom is -0.345 e. The topological polar surface area (TPSA) is 133 Å². The molecule has 240 valence electrons. The van der Waals surface area contributed by atoms with E-state index in [-0.39, 0.29) is 23.7 Å². The number of fused-ring (bicyclic) bond motifs is 6. The number of likely N-dealkylation sites (tertiary alicyclic amines) is 2. The van der Waals surface area contributed by atoms with Crippen LogP contribution in [-0.4, -0.2) is 86.5 Å². The number of nitrogens with zero attached hydrogens (tertiary/aromatic N) is 8. The molecule has 0 saturated carbocycles. The average molecular weight is 623 g/mol. The van der Waals surface area contributed by atoms with Crippen LogP contribution in [0.3, 0.4) is 0 Å². The molecule has 2 fully saturated rings. The summed E-state index contributed by atoms with van der Waals surface area (Å²) in [7, 11) is 0. The number of piperidine rings is 2. The molecule has 2 amide bonds. The van der Waals surface area contributed by atoms with Crippen molar-refractivity contribution >= 4 is 45.2 Å². The Kier molecular flexibility index (Phi) is 7.95. The van der Waals surface area contributed by atoms with E-state index in [1.54, 1.807) is 0 Å². The second-order valence-corrected chi connectivity index (χ2v) is 12.8. The number of hydrogen-bond acceptors (Lipinski definition) is 6. The van der Waals surface area contributed by atoms with Crippen molar-refractivity contribution in [2.45, 2.75) is 65.2 Å². The van der Waals surface area contributed by atoms with Gasteiger partial charge in [0.2, 0.25) is 11.8 Å². The van der Waals surface area contributed by atoms with Crippen molar-refractivity contribution in [2.24, 2.45) is 11.8 Å². The van der Waals surface area contributed by atoms with Crippen LogP contribution in [0.5, 0.6) is 0 Å². The molecular formula is C34H42N10O2. The SMILES string of the molecule is CCC(=O)N1CC[C@@H](C)[C@@H](c2ncc3cnc4[nH]ccc4n23)C1.CCC(=O)N1CC[C@H](C)[C@H](c2ncc3cnc4[nH]ccc4n23)C1. The smallest absolute Gasteiger partial charge is 0.222 e. The summed E-state index contributed by atoms with van der Waals surface area (Å²) in [5.74, 6) is 4.05. The van der Waals surface area contributed by atoms with E-state index >= 15 is 0 Å². The standard InChI is InChI=1S/2C17H21N5O/c2*1-3-15(23)21-7-5-11(2)13(10-21)17-20-9-12-8-19-16-14(22(12)17)4-6-18-16/h2*4,6,8-9,11,13,18H,3,5,7,10H2,1-2H3/t2*11-,13+/m10/s1. The molecule has 0 aromatic carbocycles. The van der Waals surface area contributed by atoms with Crippen LogP contribution in [0.1, 0.15) is 76.9 Å². The van der Waals surface area contributed by atoms with Crippen LogP contribution in [0.15, 0.2) is 49.3 Å². The molecule has 2 aliphatic rings. The number of nitrogens with one attached hydrogen (secondary N) is 2. The lowest BCUT2D eigenvalue weighted by Gasteiger charge is -2.36. The van der Waals surface area contributed by atoms with Crippen molar-refractivity contribution in [3.63, 3.8) is 0 Å². The summed E-state index contributed by atoms with van der Waals surface area (Å²) >= 11 is 0. The Bertz CT molecular complexity index is 1870. The zero-order valence-corrected chi connectivity index (χ0v) is 27.0. The van der Waals surface area contributed by atoms with Gasteiger partial charge in [-0.3, -0.25) is 18.4 Å². The first-order valence-corrected chi connectivity index (χ1v) is 16.5. The van der Waals surface area contributed by atoms with Gasteiger partial charge in [0.05, 0.1) is 46.9 Å². The molecule has 0 unspecified atom stereocenters. The lowest BCUT2D eigenvalue weighted by atomic mass is 9.86. The van der Waals surface area contributed by atoms with Crippen molar-refractivity contribution in [2.75, 3.05) is 26.2 Å². The minimum atomic E-state index is 0.233. The van der Waals surface area contributed by atoms with Crippen LogP contribution in [0.2, 0.25) is 0 Å². The Morgan fingerprint density at radius 1 is 0.696 bits per heavy atom. The number of amides is 2. The van der Waals surface area contributed by atoms with Crippen molar-refractivity contribution in [1.29, 1.82) is 0 Å². The summed E-state index contributed by atoms with van der Waals surface area (Å²) in [6.45, 7) is 11.6. The molecule has 2 N–H and O–H groups in total. The van der Waals surface area contributed by atoms with Crippen molar-refractivity contribution in [3.05, 3.63) is 61.0 Å². The highest BCUT2D eigenvalue weighted by atomic mass is 16.2. The highest BCUT2D eigenvalue weighted by Gasteiger charge is 2.33. The maximum Gasteiger partial charge on any atom is 0.222 e. The molecule has 0 spiro atoms. The zero-order valence-electron chi connectivity index (χ0n) is 27.0. The van der Waals surface area contributed by atoms with Gasteiger partial charge in [0, 0.05) is 63.3 Å². The molecule has 2 saturated heterocycles. The van der Waals surface area contributed by atoms with Gasteiger partial charge in [-0.25, -0.2) is 19.9 Å². The molecule has 6 aromatic heterocycles. The van der Waals surface area contributed by atoms with Gasteiger partial charge in [-0.05, 0) is 36.8 Å². The fourth-order valence-corrected chi connectivity index (χ4v) is 7.24. The summed E-state index contributed by atoms with van der Waals surface area (Å²) in [5, 5.41) is 0. The van der Waals surface area contributed by atoms with Crippen LogP contribution in [0.25, 0.3) is 33.4 Å². The lowest BCUT2D eigenvalue weighted by Crippen LogP contribution is -2.42. The van der Waals surface area contributed by atoms with Gasteiger partial charge in [0.15, 0.2) is 11.3 Å². The third kappa shape index (κ3) is 5.19. The molecule has 2 aliphatic heterocycles. The number of H-pyrrole nitrogens is 2. The Balaban J connectivity index is 0.000000147. The molecule has 12 heteroatoms. The maximum atomic E-state index is 12.1. The number of hydrogen-bond donors (Lipinski definition) is 2. The van der Waals surface area contributed by atoms with E-state index in [4.69, 9.17) is 0 Å². The molecule has 0 aliphatic carbocycles. The average Bonchev–Trinajstić information content (AvgIpc) is 3.89. The second kappa shape index (κ2) is 12.2. The lowest BCUT2D eigenvalue weighted by molar-refractivity contribution is -0.133. The molecule has 46 heavy (non-hydrogen) atoms. The normalized spacial score (nSPS) is 22.1. The first kappa shape index (κ1) is 29.9. The first-order chi connectivity index (χ1) is 22.4. The van der Waals surface area contributed by atoms with Gasteiger partial charge in [-0.2, -0.15) is 0 Å². The predicted octanol–water partition coefficient (Wildman–Crippen LogP) is 5.15. The van der Waals surface area contributed by atoms with Crippen LogP contribution < -0.4 is 0 Å². The highest BCUT2D eigenvalue weighted by Crippen LogP contribution is 2.34. The number of imidazole rings is 2. The summed E-state index contributed by atoms with van der Waals surface area (Å²) in [6, 6.07) is 4.06. The van der Waals surface area contributed by atoms with Crippen LogP contribution in [-0.2, 0) is 9.59 Å². The molecular weight excluding hydrogens is 580 g/mol. The fraction of sp³-hybridized carbons (Fsp3) is 0.471. The Morgan fingerprint density at radius 2 is 1.11 bits per heavy atom. The van der Waals surface area contributed by atoms with E-state index in [1.807, 2.05) is 73.0 Å². The van der Waals surface area contributed by atoms with Gasteiger partial charge < -0.3 is 19.8 Å². The van der Waals surface area contributed by atoms with E-state index < -0.39 is 0 Å². The summed E-state index contributed by atoms with van der Waals surface area (Å²) < 4.78 is 4.36. The van der Waals surface area contributed by atoms with E-state index in [1.165, 1.54) is 0 Å². The van der Waals surface area contributed by atoms with E-state index in [9.17, 15) is 9.59 Å². The van der Waals surface area contributed by atoms with Gasteiger partial charge in [-0.1, -0.05) is 27.7 Å². The quantitative estimate of drug-likeness (QED) is 0.280. The van der Waals surface area contributed by atoms with Gasteiger partial charge >= 0.3 is 0 Å². The number of carbonyl (C=O) groups is 2. The number of aromatic nitrogens is 8. The van der Waals surface area contributed by atoms with Gasteiger partial charge in [0.25, 0.3) is 0 Å². The number of aromatic amines is 2. The largest absolute Gasteiger partial charge is 0.345 e. The van der Waals surface area contributed by atoms with Crippen molar-refractivity contribution in [1.82, 2.24) is 48.5 Å². The van der Waals surface area contributed by atoms with E-state index in [2.05, 4.69) is 52.6 Å². The molecule has 8 rings (SSSR count). The molecule has 0 bridgehead atoms. The van der Waals surface area contributed by atoms with Crippen LogP contribution in [0, 0.1) is 11.8 Å². The maximum absolute atomic E-state index is 12.1. The van der Waals surface area contributed by atoms with Crippen LogP contribution in [0.4, 0.5) is 0 Å². The zero-order chi connectivity index (χ0) is 31.9. The monoisotopic (exact) mass is 622 g/mol. The highest BCUT2D eigenvalue weighted by molar-refractivity contribution is 5.78. The molecule has 4 atom stereocenters. The van der Waals surface area contributed by atoms with Crippen molar-refractivity contribution < 1.29 is 9.59 Å². The summed E-state index contributed by atoms with van der Waals surface area (Å²) in [5.41, 5.74) is 5.81. The Morgan fingerprint density at radius 3 is 1.52 bits per heavy atom. The molecule has 8 heterocycles. The second-order valence-electron chi connectivity index (χ2n) is 12.8. The fourth-order valence-electron chi connectivity index (χ4n) is 7.24. The molecule has 12 nitrogen and oxygen atoms in total. The third-order valence-electron chi connectivity index (χ3n) is 10.1. The number of rotatable bonds is 4. The predicted molar refractivity (Wildman–Crippen MR) is 176 cm³/mol. The summed E-state index contributed by atoms with van der Waals surface area (Å²) in [6.07, 6.45) is 14.4. The minimum absolute atomic E-state index is 0.233. The number of carbonyl (C=O) groups excluding carboxylic acids is 2. The summed E-state index contributed by atoms with van der Waals surface area (Å²) in [4.78, 5) is 52.7. The first-order valence-electron chi connectivity index (χ1n) is 16.5.